The number of hydrogen-bond acceptors (Lipinski definition) is 5. The van der Waals surface area contributed by atoms with E-state index in [2.05, 4.69) is 41.4 Å². The zero-order chi connectivity index (χ0) is 33.9. The van der Waals surface area contributed by atoms with Crippen molar-refractivity contribution in [2.24, 2.45) is 0 Å². The SMILES string of the molecule is Fc1ccc(-c2nc(-c3ccc(F)cc3)nc(-c3ccc(-c4ccc(-c5nc(-c6ccccc6)cc(-c6ccccc6)n5)cc4)cc3)n2)cc1. The molecule has 0 radical (unpaired) electrons. The standard InChI is InChI=1S/C43H27F2N5/c44-36-23-19-34(20-24-36)42-48-41(49-43(50-42)35-21-25-37(45)26-22-35)33-17-13-29(14-18-33)28-11-15-32(16-12-28)40-46-38(30-7-3-1-4-8-30)27-39(47-40)31-9-5-2-6-10-31/h1-27H. The summed E-state index contributed by atoms with van der Waals surface area (Å²) in [6.45, 7) is 0. The molecule has 8 aromatic rings. The molecule has 238 valence electrons. The van der Waals surface area contributed by atoms with Crippen molar-refractivity contribution in [3.63, 3.8) is 0 Å². The zero-order valence-corrected chi connectivity index (χ0v) is 26.6. The quantitative estimate of drug-likeness (QED) is 0.172. The molecule has 0 saturated heterocycles. The minimum atomic E-state index is -0.351. The van der Waals surface area contributed by atoms with Crippen molar-refractivity contribution in [2.45, 2.75) is 0 Å². The van der Waals surface area contributed by atoms with E-state index in [1.54, 1.807) is 24.3 Å². The fourth-order valence-corrected chi connectivity index (χ4v) is 5.67. The van der Waals surface area contributed by atoms with Crippen LogP contribution in [0.2, 0.25) is 0 Å². The van der Waals surface area contributed by atoms with E-state index in [4.69, 9.17) is 19.9 Å². The number of halogens is 2. The Morgan fingerprint density at radius 3 is 0.880 bits per heavy atom. The summed E-state index contributed by atoms with van der Waals surface area (Å²) in [7, 11) is 0. The lowest BCUT2D eigenvalue weighted by molar-refractivity contribution is 0.627. The Kier molecular flexibility index (Phi) is 8.21. The summed E-state index contributed by atoms with van der Waals surface area (Å²) in [5, 5.41) is 0. The van der Waals surface area contributed by atoms with E-state index < -0.39 is 0 Å². The summed E-state index contributed by atoms with van der Waals surface area (Å²) in [6, 6.07) is 50.4. The van der Waals surface area contributed by atoms with Gasteiger partial charge in [-0.25, -0.2) is 33.7 Å². The highest BCUT2D eigenvalue weighted by atomic mass is 19.1. The molecule has 2 heterocycles. The summed E-state index contributed by atoms with van der Waals surface area (Å²) in [4.78, 5) is 24.0. The van der Waals surface area contributed by atoms with Gasteiger partial charge < -0.3 is 0 Å². The number of rotatable bonds is 7. The lowest BCUT2D eigenvalue weighted by atomic mass is 10.0. The predicted molar refractivity (Wildman–Crippen MR) is 193 cm³/mol. The maximum Gasteiger partial charge on any atom is 0.164 e. The number of nitrogens with zero attached hydrogens (tertiary/aromatic N) is 5. The highest BCUT2D eigenvalue weighted by Gasteiger charge is 2.14. The molecule has 8 rings (SSSR count). The molecule has 50 heavy (non-hydrogen) atoms. The van der Waals surface area contributed by atoms with Crippen LogP contribution in [0, 0.1) is 11.6 Å². The Morgan fingerprint density at radius 1 is 0.260 bits per heavy atom. The van der Waals surface area contributed by atoms with Crippen LogP contribution in [-0.2, 0) is 0 Å². The third-order valence-corrected chi connectivity index (χ3v) is 8.33. The molecular formula is C43H27F2N5. The summed E-state index contributed by atoms with van der Waals surface area (Å²) in [5.74, 6) is 1.18. The Bertz CT molecular complexity index is 2280. The second kappa shape index (κ2) is 13.4. The van der Waals surface area contributed by atoms with E-state index in [0.717, 1.165) is 44.8 Å². The molecule has 0 saturated carbocycles. The first-order chi connectivity index (χ1) is 24.6. The molecule has 0 aliphatic carbocycles. The monoisotopic (exact) mass is 651 g/mol. The van der Waals surface area contributed by atoms with Gasteiger partial charge >= 0.3 is 0 Å². The van der Waals surface area contributed by atoms with E-state index in [-0.39, 0.29) is 11.6 Å². The van der Waals surface area contributed by atoms with Gasteiger partial charge in [-0.15, -0.1) is 0 Å². The lowest BCUT2D eigenvalue weighted by Gasteiger charge is -2.10. The first-order valence-corrected chi connectivity index (χ1v) is 16.0. The van der Waals surface area contributed by atoms with Crippen LogP contribution in [0.5, 0.6) is 0 Å². The largest absolute Gasteiger partial charge is 0.228 e. The Morgan fingerprint density at radius 2 is 0.540 bits per heavy atom. The Hall–Kier alpha value is -6.73. The van der Waals surface area contributed by atoms with Crippen LogP contribution in [0.25, 0.3) is 79.2 Å². The summed E-state index contributed by atoms with van der Waals surface area (Å²) in [6.07, 6.45) is 0. The van der Waals surface area contributed by atoms with Crippen molar-refractivity contribution in [1.82, 2.24) is 24.9 Å². The molecule has 7 heteroatoms. The smallest absolute Gasteiger partial charge is 0.164 e. The fraction of sp³-hybridized carbons (Fsp3) is 0. The molecule has 5 nitrogen and oxygen atoms in total. The predicted octanol–water partition coefficient (Wildman–Crippen LogP) is 10.6. The third kappa shape index (κ3) is 6.53. The van der Waals surface area contributed by atoms with Gasteiger partial charge in [0.2, 0.25) is 0 Å². The van der Waals surface area contributed by atoms with Crippen LogP contribution in [0.3, 0.4) is 0 Å². The second-order valence-corrected chi connectivity index (χ2v) is 11.7. The minimum Gasteiger partial charge on any atom is -0.228 e. The topological polar surface area (TPSA) is 64.5 Å². The normalized spacial score (nSPS) is 11.0. The molecule has 0 aliphatic heterocycles. The van der Waals surface area contributed by atoms with E-state index in [1.165, 1.54) is 24.3 Å². The Balaban J connectivity index is 1.11. The third-order valence-electron chi connectivity index (χ3n) is 8.33. The van der Waals surface area contributed by atoms with Gasteiger partial charge in [0, 0.05) is 33.4 Å². The van der Waals surface area contributed by atoms with Gasteiger partial charge in [-0.1, -0.05) is 109 Å². The van der Waals surface area contributed by atoms with E-state index in [0.29, 0.717) is 34.4 Å². The average Bonchev–Trinajstić information content (AvgIpc) is 3.19. The van der Waals surface area contributed by atoms with Gasteiger partial charge in [-0.2, -0.15) is 0 Å². The highest BCUT2D eigenvalue weighted by Crippen LogP contribution is 2.31. The molecule has 0 aliphatic rings. The molecule has 0 amide bonds. The zero-order valence-electron chi connectivity index (χ0n) is 26.6. The van der Waals surface area contributed by atoms with Crippen molar-refractivity contribution in [3.05, 3.63) is 175 Å². The van der Waals surface area contributed by atoms with Crippen LogP contribution in [0.4, 0.5) is 8.78 Å². The van der Waals surface area contributed by atoms with E-state index >= 15 is 0 Å². The van der Waals surface area contributed by atoms with Gasteiger partial charge in [0.1, 0.15) is 11.6 Å². The molecule has 6 aromatic carbocycles. The molecule has 0 atom stereocenters. The number of aromatic nitrogens is 5. The van der Waals surface area contributed by atoms with Crippen LogP contribution >= 0.6 is 0 Å². The van der Waals surface area contributed by atoms with Crippen LogP contribution in [0.15, 0.2) is 164 Å². The molecule has 0 N–H and O–H groups in total. The first-order valence-electron chi connectivity index (χ1n) is 16.0. The summed E-state index contributed by atoms with van der Waals surface area (Å²) in [5.41, 5.74) is 8.78. The maximum atomic E-state index is 13.7. The summed E-state index contributed by atoms with van der Waals surface area (Å²) < 4.78 is 27.4. The van der Waals surface area contributed by atoms with Crippen molar-refractivity contribution >= 4 is 0 Å². The van der Waals surface area contributed by atoms with Gasteiger partial charge in [-0.05, 0) is 65.7 Å². The molecular weight excluding hydrogens is 625 g/mol. The second-order valence-electron chi connectivity index (χ2n) is 11.7. The molecule has 0 bridgehead atoms. The van der Waals surface area contributed by atoms with Gasteiger partial charge in [0.25, 0.3) is 0 Å². The maximum absolute atomic E-state index is 13.7. The van der Waals surface area contributed by atoms with Crippen molar-refractivity contribution in [3.8, 4) is 79.2 Å². The van der Waals surface area contributed by atoms with Crippen molar-refractivity contribution < 1.29 is 8.78 Å². The minimum absolute atomic E-state index is 0.351. The van der Waals surface area contributed by atoms with Gasteiger partial charge in [-0.3, -0.25) is 0 Å². The average molecular weight is 652 g/mol. The van der Waals surface area contributed by atoms with Gasteiger partial charge in [0.05, 0.1) is 11.4 Å². The van der Waals surface area contributed by atoms with Crippen molar-refractivity contribution in [1.29, 1.82) is 0 Å². The summed E-state index contributed by atoms with van der Waals surface area (Å²) >= 11 is 0. The first kappa shape index (κ1) is 30.6. The molecule has 0 unspecified atom stereocenters. The van der Waals surface area contributed by atoms with Crippen molar-refractivity contribution in [2.75, 3.05) is 0 Å². The van der Waals surface area contributed by atoms with Crippen LogP contribution in [0.1, 0.15) is 0 Å². The lowest BCUT2D eigenvalue weighted by Crippen LogP contribution is -2.00. The van der Waals surface area contributed by atoms with Crippen LogP contribution in [-0.4, -0.2) is 24.9 Å². The van der Waals surface area contributed by atoms with Crippen LogP contribution < -0.4 is 0 Å². The number of hydrogen-bond donors (Lipinski definition) is 0. The highest BCUT2D eigenvalue weighted by molar-refractivity contribution is 5.75. The van der Waals surface area contributed by atoms with Gasteiger partial charge in [0.15, 0.2) is 23.3 Å². The Labute approximate surface area is 287 Å². The molecule has 0 fully saturated rings. The van der Waals surface area contributed by atoms with E-state index in [9.17, 15) is 8.78 Å². The molecule has 0 spiro atoms. The molecule has 2 aromatic heterocycles. The number of benzene rings is 6. The van der Waals surface area contributed by atoms with E-state index in [1.807, 2.05) is 78.9 Å². The fourth-order valence-electron chi connectivity index (χ4n) is 5.67.